The van der Waals surface area contributed by atoms with Gasteiger partial charge in [-0.05, 0) is 44.2 Å². The zero-order valence-corrected chi connectivity index (χ0v) is 17.9. The Bertz CT molecular complexity index is 1080. The molecule has 0 saturated carbocycles. The number of carbonyl (C=O) groups excluding carboxylic acids is 2. The first-order valence-electron chi connectivity index (χ1n) is 9.33. The number of hydrogen-bond acceptors (Lipinski definition) is 6. The van der Waals surface area contributed by atoms with Gasteiger partial charge in [0, 0.05) is 19.4 Å². The first-order chi connectivity index (χ1) is 13.9. The lowest BCUT2D eigenvalue weighted by molar-refractivity contribution is -0.154. The molecule has 1 aliphatic heterocycles. The normalized spacial score (nSPS) is 19.9. The molecule has 0 saturated heterocycles. The van der Waals surface area contributed by atoms with Gasteiger partial charge in [0.2, 0.25) is 21.7 Å². The molecule has 3 rings (SSSR count). The van der Waals surface area contributed by atoms with E-state index in [1.54, 1.807) is 32.0 Å². The summed E-state index contributed by atoms with van der Waals surface area (Å²) in [7, 11) is -3.84. The van der Waals surface area contributed by atoms with E-state index in [2.05, 4.69) is 5.43 Å². The van der Waals surface area contributed by atoms with Crippen LogP contribution in [0, 0.1) is 0 Å². The molecule has 0 spiro atoms. The number of hydrogen-bond donors (Lipinski definition) is 2. The molecule has 1 heterocycles. The molecule has 2 atom stereocenters. The predicted molar refractivity (Wildman–Crippen MR) is 108 cm³/mol. The van der Waals surface area contributed by atoms with E-state index >= 15 is 0 Å². The molecule has 0 aromatic heterocycles. The number of benzene rings is 2. The monoisotopic (exact) mass is 432 g/mol. The lowest BCUT2D eigenvalue weighted by Gasteiger charge is -2.45. The quantitative estimate of drug-likeness (QED) is 0.718. The van der Waals surface area contributed by atoms with Crippen LogP contribution in [0.5, 0.6) is 5.75 Å². The van der Waals surface area contributed by atoms with Gasteiger partial charge in [0.05, 0.1) is 9.79 Å². The Morgan fingerprint density at radius 2 is 1.70 bits per heavy atom. The lowest BCUT2D eigenvalue weighted by atomic mass is 9.86. The van der Waals surface area contributed by atoms with Crippen LogP contribution in [0.1, 0.15) is 39.3 Å². The molecule has 2 aromatic rings. The molecule has 0 aliphatic carbocycles. The van der Waals surface area contributed by atoms with E-state index in [0.717, 1.165) is 5.01 Å². The summed E-state index contributed by atoms with van der Waals surface area (Å²) in [6, 6.07) is 11.2. The summed E-state index contributed by atoms with van der Waals surface area (Å²) < 4.78 is 32.0. The summed E-state index contributed by atoms with van der Waals surface area (Å²) in [5.41, 5.74) is 1.61. The number of carbonyl (C=O) groups is 2. The Labute approximate surface area is 175 Å². The van der Waals surface area contributed by atoms with Gasteiger partial charge >= 0.3 is 0 Å². The maximum atomic E-state index is 13.1. The molecule has 2 N–H and O–H groups in total. The molecule has 2 aromatic carbocycles. The van der Waals surface area contributed by atoms with Crippen molar-refractivity contribution in [3.63, 3.8) is 0 Å². The number of rotatable bonds is 3. The predicted octanol–water partition coefficient (Wildman–Crippen LogP) is 1.99. The number of nitrogens with zero attached hydrogens (tertiary/aromatic N) is 1. The molecule has 8 nitrogen and oxygen atoms in total. The zero-order chi connectivity index (χ0) is 22.3. The maximum absolute atomic E-state index is 13.1. The number of amides is 2. The average molecular weight is 432 g/mol. The molecule has 30 heavy (non-hydrogen) atoms. The summed E-state index contributed by atoms with van der Waals surface area (Å²) in [5, 5.41) is 12.0. The third-order valence-corrected chi connectivity index (χ3v) is 6.71. The Balaban J connectivity index is 2.19. The second-order valence-corrected chi connectivity index (χ2v) is 9.62. The summed E-state index contributed by atoms with van der Waals surface area (Å²) >= 11 is 0. The zero-order valence-electron chi connectivity index (χ0n) is 17.1. The van der Waals surface area contributed by atoms with Crippen molar-refractivity contribution in [1.82, 2.24) is 10.4 Å². The fourth-order valence-electron chi connectivity index (χ4n) is 3.44. The molecule has 160 valence electrons. The fourth-order valence-corrected chi connectivity index (χ4v) is 4.76. The van der Waals surface area contributed by atoms with Crippen LogP contribution in [0.15, 0.2) is 58.3 Å². The minimum absolute atomic E-state index is 0.0146. The topological polar surface area (TPSA) is 113 Å². The second kappa shape index (κ2) is 7.73. The average Bonchev–Trinajstić information content (AvgIpc) is 2.67. The van der Waals surface area contributed by atoms with E-state index in [9.17, 15) is 23.1 Å². The second-order valence-electron chi connectivity index (χ2n) is 7.67. The third kappa shape index (κ3) is 3.90. The van der Waals surface area contributed by atoms with E-state index < -0.39 is 39.4 Å². The standard InChI is InChI=1S/C21H24N2O6S/c1-13(24)22-23(14(2)25)19-17-12-16(30(27,28)15-8-6-5-7-9-15)10-11-18(17)29-21(3,4)20(19)26/h5-12,19-20,26H,1-4H3,(H,22,24)/t19-,20+/m0/s1. The largest absolute Gasteiger partial charge is 0.485 e. The fraction of sp³-hybridized carbons (Fsp3) is 0.333. The van der Waals surface area contributed by atoms with Gasteiger partial charge in [-0.3, -0.25) is 15.0 Å². The summed E-state index contributed by atoms with van der Waals surface area (Å²) in [5.74, 6) is -0.704. The molecule has 2 amide bonds. The van der Waals surface area contributed by atoms with Crippen LogP contribution in [0.3, 0.4) is 0 Å². The minimum Gasteiger partial charge on any atom is -0.485 e. The van der Waals surface area contributed by atoms with Crippen molar-refractivity contribution < 1.29 is 27.9 Å². The Hall–Kier alpha value is -2.91. The van der Waals surface area contributed by atoms with Gasteiger partial charge in [-0.1, -0.05) is 18.2 Å². The molecule has 0 fully saturated rings. The van der Waals surface area contributed by atoms with Crippen LogP contribution in [0.4, 0.5) is 0 Å². The SMILES string of the molecule is CC(=O)NN(C(C)=O)[C@H]1c2cc(S(=O)(=O)c3ccccc3)ccc2OC(C)(C)[C@@H]1O. The first kappa shape index (κ1) is 21.8. The van der Waals surface area contributed by atoms with Gasteiger partial charge in [-0.25, -0.2) is 13.4 Å². The van der Waals surface area contributed by atoms with Crippen molar-refractivity contribution in [2.45, 2.75) is 55.2 Å². The molecule has 0 bridgehead atoms. The molecular weight excluding hydrogens is 408 g/mol. The van der Waals surface area contributed by atoms with Crippen LogP contribution in [-0.4, -0.2) is 42.1 Å². The first-order valence-corrected chi connectivity index (χ1v) is 10.8. The smallest absolute Gasteiger partial charge is 0.238 e. The number of aliphatic hydroxyl groups excluding tert-OH is 1. The molecule has 9 heteroatoms. The molecule has 0 radical (unpaired) electrons. The van der Waals surface area contributed by atoms with Crippen molar-refractivity contribution in [3.8, 4) is 5.75 Å². The summed E-state index contributed by atoms with van der Waals surface area (Å²) in [4.78, 5) is 24.1. The van der Waals surface area contributed by atoms with E-state index in [-0.39, 0.29) is 15.4 Å². The Kier molecular flexibility index (Phi) is 5.62. The summed E-state index contributed by atoms with van der Waals surface area (Å²) in [6.07, 6.45) is -1.24. The number of aliphatic hydroxyl groups is 1. The number of fused-ring (bicyclic) bond motifs is 1. The van der Waals surface area contributed by atoms with Gasteiger partial charge < -0.3 is 9.84 Å². The van der Waals surface area contributed by atoms with Crippen molar-refractivity contribution in [2.24, 2.45) is 0 Å². The Morgan fingerprint density at radius 3 is 2.27 bits per heavy atom. The highest BCUT2D eigenvalue weighted by atomic mass is 32.2. The van der Waals surface area contributed by atoms with Crippen LogP contribution in [-0.2, 0) is 19.4 Å². The number of sulfone groups is 1. The summed E-state index contributed by atoms with van der Waals surface area (Å²) in [6.45, 7) is 5.78. The highest BCUT2D eigenvalue weighted by molar-refractivity contribution is 7.91. The van der Waals surface area contributed by atoms with Crippen molar-refractivity contribution in [1.29, 1.82) is 0 Å². The van der Waals surface area contributed by atoms with Crippen molar-refractivity contribution in [2.75, 3.05) is 0 Å². The van der Waals surface area contributed by atoms with E-state index in [0.29, 0.717) is 5.75 Å². The molecule has 1 aliphatic rings. The van der Waals surface area contributed by atoms with E-state index in [4.69, 9.17) is 4.74 Å². The van der Waals surface area contributed by atoms with Gasteiger partial charge in [0.25, 0.3) is 0 Å². The molecule has 0 unspecified atom stereocenters. The minimum atomic E-state index is -3.84. The van der Waals surface area contributed by atoms with Gasteiger partial charge in [-0.15, -0.1) is 0 Å². The number of ether oxygens (including phenoxy) is 1. The van der Waals surface area contributed by atoms with Crippen LogP contribution in [0.25, 0.3) is 0 Å². The number of hydrazine groups is 1. The maximum Gasteiger partial charge on any atom is 0.238 e. The van der Waals surface area contributed by atoms with Gasteiger partial charge in [0.1, 0.15) is 23.5 Å². The molecular formula is C21H24N2O6S. The third-order valence-electron chi connectivity index (χ3n) is 4.94. The lowest BCUT2D eigenvalue weighted by Crippen LogP contribution is -2.58. The van der Waals surface area contributed by atoms with Gasteiger partial charge in [0.15, 0.2) is 0 Å². The van der Waals surface area contributed by atoms with Crippen molar-refractivity contribution in [3.05, 3.63) is 54.1 Å². The van der Waals surface area contributed by atoms with E-state index in [1.807, 2.05) is 0 Å². The van der Waals surface area contributed by atoms with Crippen molar-refractivity contribution >= 4 is 21.7 Å². The highest BCUT2D eigenvalue weighted by Crippen LogP contribution is 2.43. The highest BCUT2D eigenvalue weighted by Gasteiger charge is 2.47. The van der Waals surface area contributed by atoms with Crippen LogP contribution < -0.4 is 10.2 Å². The van der Waals surface area contributed by atoms with E-state index in [1.165, 1.54) is 44.2 Å². The van der Waals surface area contributed by atoms with Crippen LogP contribution in [0.2, 0.25) is 0 Å². The van der Waals surface area contributed by atoms with Crippen LogP contribution >= 0.6 is 0 Å². The van der Waals surface area contributed by atoms with Gasteiger partial charge in [-0.2, -0.15) is 0 Å². The Morgan fingerprint density at radius 1 is 1.07 bits per heavy atom. The number of nitrogens with one attached hydrogen (secondary N) is 1.